The average Bonchev–Trinajstić information content (AvgIpc) is 3.03. The first-order chi connectivity index (χ1) is 10.9. The Labute approximate surface area is 131 Å². The monoisotopic (exact) mass is 292 g/mol. The quantitative estimate of drug-likeness (QED) is 0.830. The molecule has 0 aromatic heterocycles. The van der Waals surface area contributed by atoms with Gasteiger partial charge in [-0.1, -0.05) is 36.4 Å². The second-order valence-electron chi connectivity index (χ2n) is 5.62. The molecule has 112 valence electrons. The van der Waals surface area contributed by atoms with Crippen molar-refractivity contribution in [2.45, 2.75) is 31.9 Å². The summed E-state index contributed by atoms with van der Waals surface area (Å²) in [7, 11) is 0. The highest BCUT2D eigenvalue weighted by Gasteiger charge is 2.24. The van der Waals surface area contributed by atoms with E-state index >= 15 is 0 Å². The lowest BCUT2D eigenvalue weighted by atomic mass is 10.1. The zero-order valence-corrected chi connectivity index (χ0v) is 12.6. The molecule has 1 heterocycles. The van der Waals surface area contributed by atoms with Crippen molar-refractivity contribution >= 4 is 5.69 Å². The molecule has 2 aromatic carbocycles. The summed E-state index contributed by atoms with van der Waals surface area (Å²) >= 11 is 0. The van der Waals surface area contributed by atoms with Gasteiger partial charge in [0.2, 0.25) is 0 Å². The van der Waals surface area contributed by atoms with E-state index in [1.807, 2.05) is 30.3 Å². The molecule has 2 aromatic rings. The Kier molecular flexibility index (Phi) is 4.60. The molecule has 0 amide bonds. The van der Waals surface area contributed by atoms with Gasteiger partial charge in [-0.15, -0.1) is 0 Å². The fourth-order valence-electron chi connectivity index (χ4n) is 2.99. The smallest absolute Gasteiger partial charge is 0.121 e. The maximum absolute atomic E-state index is 8.95. The number of rotatable bonds is 5. The molecule has 3 nitrogen and oxygen atoms in total. The van der Waals surface area contributed by atoms with Gasteiger partial charge in [-0.05, 0) is 30.5 Å². The molecule has 0 spiro atoms. The van der Waals surface area contributed by atoms with Crippen LogP contribution in [0.15, 0.2) is 54.6 Å². The van der Waals surface area contributed by atoms with Gasteiger partial charge in [0.05, 0.1) is 12.5 Å². The summed E-state index contributed by atoms with van der Waals surface area (Å²) in [5.74, 6) is 0.879. The first-order valence-electron chi connectivity index (χ1n) is 7.77. The van der Waals surface area contributed by atoms with Crippen molar-refractivity contribution in [3.8, 4) is 11.8 Å². The van der Waals surface area contributed by atoms with E-state index in [1.165, 1.54) is 0 Å². The minimum atomic E-state index is 0.342. The summed E-state index contributed by atoms with van der Waals surface area (Å²) in [6.45, 7) is 1.60. The fraction of sp³-hybridized carbons (Fsp3) is 0.316. The maximum Gasteiger partial charge on any atom is 0.121 e. The molecule has 0 unspecified atom stereocenters. The normalized spacial score (nSPS) is 17.2. The second kappa shape index (κ2) is 7.00. The van der Waals surface area contributed by atoms with Crippen LogP contribution in [-0.2, 0) is 6.61 Å². The molecule has 1 fully saturated rings. The zero-order chi connectivity index (χ0) is 15.2. The third-order valence-electron chi connectivity index (χ3n) is 4.10. The van der Waals surface area contributed by atoms with Crippen molar-refractivity contribution in [3.63, 3.8) is 0 Å². The molecule has 3 heteroatoms. The molecule has 3 rings (SSSR count). The third kappa shape index (κ3) is 3.40. The molecule has 1 aliphatic heterocycles. The Morgan fingerprint density at radius 3 is 2.82 bits per heavy atom. The number of nitriles is 1. The molecule has 0 radical (unpaired) electrons. The first-order valence-corrected chi connectivity index (χ1v) is 7.77. The Hall–Kier alpha value is -2.47. The number of ether oxygens (including phenoxy) is 1. The molecule has 1 aliphatic rings. The van der Waals surface area contributed by atoms with Gasteiger partial charge in [-0.2, -0.15) is 5.26 Å². The van der Waals surface area contributed by atoms with Crippen LogP contribution in [0.1, 0.15) is 24.8 Å². The minimum absolute atomic E-state index is 0.342. The minimum Gasteiger partial charge on any atom is -0.489 e. The van der Waals surface area contributed by atoms with Crippen molar-refractivity contribution < 1.29 is 4.74 Å². The fourth-order valence-corrected chi connectivity index (χ4v) is 2.99. The van der Waals surface area contributed by atoms with Crippen LogP contribution in [0.4, 0.5) is 5.69 Å². The Morgan fingerprint density at radius 2 is 2.00 bits per heavy atom. The summed E-state index contributed by atoms with van der Waals surface area (Å²) < 4.78 is 5.90. The number of anilines is 1. The van der Waals surface area contributed by atoms with E-state index in [-0.39, 0.29) is 0 Å². The van der Waals surface area contributed by atoms with E-state index in [9.17, 15) is 0 Å². The largest absolute Gasteiger partial charge is 0.489 e. The van der Waals surface area contributed by atoms with Crippen LogP contribution in [-0.4, -0.2) is 12.6 Å². The molecule has 0 N–H and O–H groups in total. The van der Waals surface area contributed by atoms with Gasteiger partial charge in [0.25, 0.3) is 0 Å². The SMILES string of the molecule is N#CC[C@@H]1CCCN1c1cccc(OCc2ccccc2)c1. The van der Waals surface area contributed by atoms with E-state index in [0.717, 1.165) is 36.4 Å². The van der Waals surface area contributed by atoms with E-state index in [1.54, 1.807) is 0 Å². The summed E-state index contributed by atoms with van der Waals surface area (Å²) in [5, 5.41) is 8.95. The van der Waals surface area contributed by atoms with Gasteiger partial charge in [0, 0.05) is 24.3 Å². The average molecular weight is 292 g/mol. The lowest BCUT2D eigenvalue weighted by Crippen LogP contribution is -2.28. The highest BCUT2D eigenvalue weighted by Crippen LogP contribution is 2.29. The van der Waals surface area contributed by atoms with Gasteiger partial charge in [-0.25, -0.2) is 0 Å². The predicted molar refractivity (Wildman–Crippen MR) is 87.8 cm³/mol. The van der Waals surface area contributed by atoms with Crippen LogP contribution >= 0.6 is 0 Å². The van der Waals surface area contributed by atoms with Crippen LogP contribution in [0.25, 0.3) is 0 Å². The second-order valence-corrected chi connectivity index (χ2v) is 5.62. The van der Waals surface area contributed by atoms with Gasteiger partial charge < -0.3 is 9.64 Å². The van der Waals surface area contributed by atoms with E-state index in [4.69, 9.17) is 10.00 Å². The molecular weight excluding hydrogens is 272 g/mol. The van der Waals surface area contributed by atoms with Crippen LogP contribution in [0.2, 0.25) is 0 Å². The third-order valence-corrected chi connectivity index (χ3v) is 4.10. The predicted octanol–water partition coefficient (Wildman–Crippen LogP) is 4.15. The number of hydrogen-bond acceptors (Lipinski definition) is 3. The molecular formula is C19H20N2O. The molecule has 0 saturated carbocycles. The summed E-state index contributed by atoms with van der Waals surface area (Å²) in [4.78, 5) is 2.33. The van der Waals surface area contributed by atoms with Crippen molar-refractivity contribution in [3.05, 3.63) is 60.2 Å². The Bertz CT molecular complexity index is 648. The van der Waals surface area contributed by atoms with Gasteiger partial charge in [0.1, 0.15) is 12.4 Å². The highest BCUT2D eigenvalue weighted by molar-refractivity contribution is 5.52. The van der Waals surface area contributed by atoms with Crippen molar-refractivity contribution in [1.82, 2.24) is 0 Å². The molecule has 1 atom stereocenters. The molecule has 0 bridgehead atoms. The summed E-state index contributed by atoms with van der Waals surface area (Å²) in [5.41, 5.74) is 2.32. The zero-order valence-electron chi connectivity index (χ0n) is 12.6. The van der Waals surface area contributed by atoms with Crippen molar-refractivity contribution in [2.75, 3.05) is 11.4 Å². The summed E-state index contributed by atoms with van der Waals surface area (Å²) in [6.07, 6.45) is 2.85. The number of benzene rings is 2. The highest BCUT2D eigenvalue weighted by atomic mass is 16.5. The van der Waals surface area contributed by atoms with Crippen molar-refractivity contribution in [2.24, 2.45) is 0 Å². The first kappa shape index (κ1) is 14.5. The topological polar surface area (TPSA) is 36.3 Å². The lowest BCUT2D eigenvalue weighted by molar-refractivity contribution is 0.306. The van der Waals surface area contributed by atoms with Gasteiger partial charge >= 0.3 is 0 Å². The van der Waals surface area contributed by atoms with E-state index in [0.29, 0.717) is 19.1 Å². The summed E-state index contributed by atoms with van der Waals surface area (Å²) in [6, 6.07) is 21.0. The van der Waals surface area contributed by atoms with Crippen LogP contribution in [0.3, 0.4) is 0 Å². The van der Waals surface area contributed by atoms with Crippen LogP contribution in [0.5, 0.6) is 5.75 Å². The molecule has 0 aliphatic carbocycles. The van der Waals surface area contributed by atoms with E-state index < -0.39 is 0 Å². The van der Waals surface area contributed by atoms with Gasteiger partial charge in [0.15, 0.2) is 0 Å². The lowest BCUT2D eigenvalue weighted by Gasteiger charge is -2.25. The Balaban J connectivity index is 1.69. The van der Waals surface area contributed by atoms with Crippen LogP contribution < -0.4 is 9.64 Å². The standard InChI is InChI=1S/C19H20N2O/c20-12-11-17-9-5-13-21(17)18-8-4-10-19(14-18)22-15-16-6-2-1-3-7-16/h1-4,6-8,10,14,17H,5,9,11,13,15H2/t17-/m0/s1. The molecule has 1 saturated heterocycles. The number of nitrogens with zero attached hydrogens (tertiary/aromatic N) is 2. The van der Waals surface area contributed by atoms with Crippen molar-refractivity contribution in [1.29, 1.82) is 5.26 Å². The maximum atomic E-state index is 8.95. The van der Waals surface area contributed by atoms with Gasteiger partial charge in [-0.3, -0.25) is 0 Å². The molecule has 22 heavy (non-hydrogen) atoms. The number of hydrogen-bond donors (Lipinski definition) is 0. The van der Waals surface area contributed by atoms with E-state index in [2.05, 4.69) is 35.2 Å². The Morgan fingerprint density at radius 1 is 1.14 bits per heavy atom. The van der Waals surface area contributed by atoms with Crippen LogP contribution in [0, 0.1) is 11.3 Å².